The lowest BCUT2D eigenvalue weighted by Gasteiger charge is -2.15. The van der Waals surface area contributed by atoms with Crippen LogP contribution in [-0.2, 0) is 0 Å². The van der Waals surface area contributed by atoms with Crippen molar-refractivity contribution in [1.82, 2.24) is 0 Å². The van der Waals surface area contributed by atoms with Gasteiger partial charge in [-0.3, -0.25) is 0 Å². The number of hydrogen-bond donors (Lipinski definition) is 1. The lowest BCUT2D eigenvalue weighted by atomic mass is 10.3. The fraction of sp³-hybridized carbons (Fsp3) is 0.250. The smallest absolute Gasteiger partial charge is 0.432 e. The van der Waals surface area contributed by atoms with E-state index in [9.17, 15) is 22.0 Å². The number of ether oxygens (including phenoxy) is 2. The molecule has 96 valence electrons. The number of alkyl halides is 5. The van der Waals surface area contributed by atoms with Gasteiger partial charge in [0.05, 0.1) is 4.47 Å². The molecule has 0 heterocycles. The molecule has 1 aromatic rings. The molecule has 0 unspecified atom stereocenters. The molecule has 0 fully saturated rings. The SMILES string of the molecule is Nc1c(OC(F)F)ccc(Br)c1OC(F)(F)F. The van der Waals surface area contributed by atoms with Crippen LogP contribution in [0.3, 0.4) is 0 Å². The van der Waals surface area contributed by atoms with E-state index in [1.165, 1.54) is 0 Å². The molecule has 17 heavy (non-hydrogen) atoms. The van der Waals surface area contributed by atoms with Crippen LogP contribution in [0.1, 0.15) is 0 Å². The summed E-state index contributed by atoms with van der Waals surface area (Å²) in [6.07, 6.45) is -4.99. The fourth-order valence-electron chi connectivity index (χ4n) is 0.973. The predicted molar refractivity (Wildman–Crippen MR) is 51.9 cm³/mol. The quantitative estimate of drug-likeness (QED) is 0.684. The Morgan fingerprint density at radius 1 is 1.24 bits per heavy atom. The van der Waals surface area contributed by atoms with Crippen LogP contribution in [0.4, 0.5) is 27.6 Å². The van der Waals surface area contributed by atoms with Gasteiger partial charge in [-0.1, -0.05) is 0 Å². The molecule has 0 aliphatic heterocycles. The van der Waals surface area contributed by atoms with Gasteiger partial charge in [-0.2, -0.15) is 8.78 Å². The molecule has 0 bridgehead atoms. The molecule has 0 aliphatic rings. The Balaban J connectivity index is 3.11. The van der Waals surface area contributed by atoms with Crippen LogP contribution in [0.2, 0.25) is 0 Å². The molecule has 2 N–H and O–H groups in total. The molecule has 0 saturated carbocycles. The number of hydrogen-bond acceptors (Lipinski definition) is 3. The van der Waals surface area contributed by atoms with Crippen molar-refractivity contribution in [2.24, 2.45) is 0 Å². The molecule has 0 amide bonds. The largest absolute Gasteiger partial charge is 0.573 e. The highest BCUT2D eigenvalue weighted by Gasteiger charge is 2.33. The summed E-state index contributed by atoms with van der Waals surface area (Å²) in [7, 11) is 0. The van der Waals surface area contributed by atoms with E-state index in [0.29, 0.717) is 0 Å². The van der Waals surface area contributed by atoms with Gasteiger partial charge in [0.2, 0.25) is 0 Å². The summed E-state index contributed by atoms with van der Waals surface area (Å²) in [5.41, 5.74) is 4.56. The second-order valence-electron chi connectivity index (χ2n) is 2.71. The highest BCUT2D eigenvalue weighted by atomic mass is 79.9. The summed E-state index contributed by atoms with van der Waals surface area (Å²) in [4.78, 5) is 0. The second kappa shape index (κ2) is 4.94. The lowest BCUT2D eigenvalue weighted by Crippen LogP contribution is -2.18. The maximum Gasteiger partial charge on any atom is 0.573 e. The van der Waals surface area contributed by atoms with Gasteiger partial charge in [-0.05, 0) is 28.1 Å². The Hall–Kier alpha value is -1.25. The van der Waals surface area contributed by atoms with Gasteiger partial charge >= 0.3 is 13.0 Å². The summed E-state index contributed by atoms with van der Waals surface area (Å²) in [6.45, 7) is -3.20. The lowest BCUT2D eigenvalue weighted by molar-refractivity contribution is -0.274. The maximum atomic E-state index is 12.0. The monoisotopic (exact) mass is 321 g/mol. The van der Waals surface area contributed by atoms with Crippen molar-refractivity contribution >= 4 is 21.6 Å². The third-order valence-corrected chi connectivity index (χ3v) is 2.17. The topological polar surface area (TPSA) is 44.5 Å². The van der Waals surface area contributed by atoms with Crippen molar-refractivity contribution in [1.29, 1.82) is 0 Å². The third kappa shape index (κ3) is 3.91. The standard InChI is InChI=1S/C8H5BrF5NO2/c9-3-1-2-4(16-7(10)11)5(15)6(3)17-8(12,13)14/h1-2,7H,15H2. The van der Waals surface area contributed by atoms with E-state index in [1.54, 1.807) is 0 Å². The first-order valence-electron chi connectivity index (χ1n) is 3.99. The van der Waals surface area contributed by atoms with Gasteiger partial charge in [-0.15, -0.1) is 13.2 Å². The molecule has 1 aromatic carbocycles. The Bertz CT molecular complexity index is 410. The molecular formula is C8H5BrF5NO2. The first kappa shape index (κ1) is 13.8. The number of nitrogen functional groups attached to an aromatic ring is 1. The molecule has 9 heteroatoms. The minimum atomic E-state index is -4.99. The Kier molecular flexibility index (Phi) is 4.02. The zero-order valence-electron chi connectivity index (χ0n) is 7.89. The van der Waals surface area contributed by atoms with Crippen LogP contribution in [0.15, 0.2) is 16.6 Å². The zero-order valence-corrected chi connectivity index (χ0v) is 9.48. The molecule has 0 saturated heterocycles. The molecule has 0 aliphatic carbocycles. The molecular weight excluding hydrogens is 317 g/mol. The average Bonchev–Trinajstić information content (AvgIpc) is 2.15. The van der Waals surface area contributed by atoms with Crippen LogP contribution < -0.4 is 15.2 Å². The summed E-state index contributed by atoms with van der Waals surface area (Å²) < 4.78 is 67.2. The fourth-order valence-corrected chi connectivity index (χ4v) is 1.40. The summed E-state index contributed by atoms with van der Waals surface area (Å²) in [6, 6.07) is 2.05. The van der Waals surface area contributed by atoms with Crippen LogP contribution in [0.25, 0.3) is 0 Å². The van der Waals surface area contributed by atoms with Gasteiger partial charge in [0.15, 0.2) is 11.5 Å². The van der Waals surface area contributed by atoms with Crippen molar-refractivity contribution in [2.75, 3.05) is 5.73 Å². The number of benzene rings is 1. The molecule has 3 nitrogen and oxygen atoms in total. The van der Waals surface area contributed by atoms with E-state index in [2.05, 4.69) is 25.4 Å². The van der Waals surface area contributed by atoms with Gasteiger partial charge < -0.3 is 15.2 Å². The number of rotatable bonds is 3. The number of anilines is 1. The first-order valence-corrected chi connectivity index (χ1v) is 4.78. The molecule has 0 radical (unpaired) electrons. The summed E-state index contributed by atoms with van der Waals surface area (Å²) >= 11 is 2.75. The van der Waals surface area contributed by atoms with Crippen LogP contribution >= 0.6 is 15.9 Å². The molecule has 0 spiro atoms. The van der Waals surface area contributed by atoms with Crippen molar-refractivity contribution in [3.05, 3.63) is 16.6 Å². The van der Waals surface area contributed by atoms with Crippen LogP contribution in [-0.4, -0.2) is 13.0 Å². The molecule has 1 rings (SSSR count). The van der Waals surface area contributed by atoms with Crippen LogP contribution in [0.5, 0.6) is 11.5 Å². The van der Waals surface area contributed by atoms with E-state index in [-0.39, 0.29) is 4.47 Å². The van der Waals surface area contributed by atoms with Crippen molar-refractivity contribution in [3.8, 4) is 11.5 Å². The normalized spacial score (nSPS) is 11.7. The minimum absolute atomic E-state index is 0.131. The molecule has 0 aromatic heterocycles. The highest BCUT2D eigenvalue weighted by Crippen LogP contribution is 2.41. The highest BCUT2D eigenvalue weighted by molar-refractivity contribution is 9.10. The van der Waals surface area contributed by atoms with Gasteiger partial charge in [0, 0.05) is 0 Å². The van der Waals surface area contributed by atoms with Crippen LogP contribution in [0, 0.1) is 0 Å². The Morgan fingerprint density at radius 3 is 2.29 bits per heavy atom. The first-order chi connectivity index (χ1) is 7.70. The third-order valence-electron chi connectivity index (χ3n) is 1.54. The van der Waals surface area contributed by atoms with Gasteiger partial charge in [0.25, 0.3) is 0 Å². The van der Waals surface area contributed by atoms with E-state index in [1.807, 2.05) is 0 Å². The van der Waals surface area contributed by atoms with E-state index < -0.39 is 30.2 Å². The number of halogens is 6. The number of nitrogens with two attached hydrogens (primary N) is 1. The molecule has 0 atom stereocenters. The van der Waals surface area contributed by atoms with Gasteiger partial charge in [-0.25, -0.2) is 0 Å². The minimum Gasteiger partial charge on any atom is -0.432 e. The summed E-state index contributed by atoms with van der Waals surface area (Å²) in [5, 5.41) is 0. The summed E-state index contributed by atoms with van der Waals surface area (Å²) in [5.74, 6) is -1.42. The van der Waals surface area contributed by atoms with Crippen molar-refractivity contribution in [2.45, 2.75) is 13.0 Å². The Morgan fingerprint density at radius 2 is 1.82 bits per heavy atom. The predicted octanol–water partition coefficient (Wildman–Crippen LogP) is 3.53. The van der Waals surface area contributed by atoms with E-state index in [0.717, 1.165) is 12.1 Å². The van der Waals surface area contributed by atoms with E-state index in [4.69, 9.17) is 5.73 Å². The zero-order chi connectivity index (χ0) is 13.2. The Labute approximate surface area is 100 Å². The maximum absolute atomic E-state index is 12.0. The van der Waals surface area contributed by atoms with Crippen molar-refractivity contribution < 1.29 is 31.4 Å². The van der Waals surface area contributed by atoms with Crippen molar-refractivity contribution in [3.63, 3.8) is 0 Å². The van der Waals surface area contributed by atoms with Gasteiger partial charge in [0.1, 0.15) is 5.69 Å². The second-order valence-corrected chi connectivity index (χ2v) is 3.57. The average molecular weight is 322 g/mol. The van der Waals surface area contributed by atoms with E-state index >= 15 is 0 Å².